The largest absolute Gasteiger partial charge is 0.381 e. The van der Waals surface area contributed by atoms with Crippen LogP contribution in [0.1, 0.15) is 52.9 Å². The molecule has 0 spiro atoms. The summed E-state index contributed by atoms with van der Waals surface area (Å²) >= 11 is 0. The van der Waals surface area contributed by atoms with Crippen molar-refractivity contribution in [3.63, 3.8) is 0 Å². The van der Waals surface area contributed by atoms with Crippen molar-refractivity contribution in [3.8, 4) is 0 Å². The van der Waals surface area contributed by atoms with Crippen molar-refractivity contribution in [1.82, 2.24) is 5.32 Å². The smallest absolute Gasteiger partial charge is 0.155 e. The molecule has 1 N–H and O–H groups in total. The van der Waals surface area contributed by atoms with E-state index in [1.807, 2.05) is 0 Å². The van der Waals surface area contributed by atoms with Crippen LogP contribution < -0.4 is 5.32 Å². The maximum absolute atomic E-state index is 12.3. The molecule has 1 saturated heterocycles. The molecule has 4 nitrogen and oxygen atoms in total. The Balaban J connectivity index is 1.96. The van der Waals surface area contributed by atoms with Crippen LogP contribution in [0.4, 0.5) is 0 Å². The van der Waals surface area contributed by atoms with E-state index in [0.29, 0.717) is 11.8 Å². The van der Waals surface area contributed by atoms with E-state index in [4.69, 9.17) is 4.74 Å². The zero-order valence-electron chi connectivity index (χ0n) is 13.1. The molecule has 0 amide bonds. The highest BCUT2D eigenvalue weighted by Gasteiger charge is 2.37. The minimum atomic E-state index is -3.03. The molecule has 0 radical (unpaired) electrons. The molecule has 20 heavy (non-hydrogen) atoms. The molecule has 1 aliphatic heterocycles. The summed E-state index contributed by atoms with van der Waals surface area (Å²) in [6, 6.07) is 0.675. The van der Waals surface area contributed by atoms with Crippen molar-refractivity contribution >= 4 is 9.84 Å². The Kier molecular flexibility index (Phi) is 4.82. The first-order valence-corrected chi connectivity index (χ1v) is 9.43. The van der Waals surface area contributed by atoms with Gasteiger partial charge in [-0.05, 0) is 58.3 Å². The van der Waals surface area contributed by atoms with Gasteiger partial charge in [0, 0.05) is 25.8 Å². The van der Waals surface area contributed by atoms with Crippen molar-refractivity contribution < 1.29 is 13.2 Å². The SMILES string of the molecule is CC(C)(C)S(=O)(=O)CCC1(CNC2CC2)CCOCC1. The van der Waals surface area contributed by atoms with Crippen LogP contribution in [0.3, 0.4) is 0 Å². The first kappa shape index (κ1) is 16.2. The molecule has 2 rings (SSSR count). The van der Waals surface area contributed by atoms with Gasteiger partial charge in [-0.15, -0.1) is 0 Å². The van der Waals surface area contributed by atoms with Gasteiger partial charge in [0.15, 0.2) is 9.84 Å². The molecule has 118 valence electrons. The molecule has 2 aliphatic rings. The molecule has 0 aromatic heterocycles. The number of hydrogen-bond donors (Lipinski definition) is 1. The second-order valence-electron chi connectivity index (χ2n) is 7.45. The van der Waals surface area contributed by atoms with Crippen LogP contribution >= 0.6 is 0 Å². The minimum Gasteiger partial charge on any atom is -0.381 e. The van der Waals surface area contributed by atoms with Crippen LogP contribution in [-0.4, -0.2) is 44.7 Å². The summed E-state index contributed by atoms with van der Waals surface area (Å²) in [5, 5.41) is 3.59. The fourth-order valence-corrected chi connectivity index (χ4v) is 3.94. The predicted octanol–water partition coefficient (Wildman–Crippen LogP) is 2.14. The monoisotopic (exact) mass is 303 g/mol. The Hall–Kier alpha value is -0.130. The first-order valence-electron chi connectivity index (χ1n) is 7.78. The number of hydrogen-bond acceptors (Lipinski definition) is 4. The van der Waals surface area contributed by atoms with Gasteiger partial charge in [0.1, 0.15) is 0 Å². The van der Waals surface area contributed by atoms with Crippen LogP contribution in [0.5, 0.6) is 0 Å². The summed E-state index contributed by atoms with van der Waals surface area (Å²) in [4.78, 5) is 0. The summed E-state index contributed by atoms with van der Waals surface area (Å²) in [7, 11) is -3.03. The van der Waals surface area contributed by atoms with Gasteiger partial charge < -0.3 is 10.1 Å². The maximum atomic E-state index is 12.3. The molecule has 0 aromatic carbocycles. The summed E-state index contributed by atoms with van der Waals surface area (Å²) in [6.07, 6.45) is 5.26. The summed E-state index contributed by atoms with van der Waals surface area (Å²) in [5.74, 6) is 0.294. The van der Waals surface area contributed by atoms with Crippen LogP contribution in [0.2, 0.25) is 0 Å². The summed E-state index contributed by atoms with van der Waals surface area (Å²) < 4.78 is 29.5. The van der Waals surface area contributed by atoms with Gasteiger partial charge in [0.25, 0.3) is 0 Å². The number of nitrogens with one attached hydrogen (secondary N) is 1. The van der Waals surface area contributed by atoms with Crippen LogP contribution in [0.25, 0.3) is 0 Å². The molecule has 1 saturated carbocycles. The molecule has 0 aromatic rings. The lowest BCUT2D eigenvalue weighted by Crippen LogP contribution is -2.42. The van der Waals surface area contributed by atoms with Crippen LogP contribution in [0, 0.1) is 5.41 Å². The third kappa shape index (κ3) is 4.18. The average molecular weight is 303 g/mol. The van der Waals surface area contributed by atoms with Gasteiger partial charge in [0.2, 0.25) is 0 Å². The lowest BCUT2D eigenvalue weighted by molar-refractivity contribution is 0.0130. The Morgan fingerprint density at radius 2 is 1.80 bits per heavy atom. The Morgan fingerprint density at radius 3 is 2.30 bits per heavy atom. The van der Waals surface area contributed by atoms with Crippen molar-refractivity contribution in [2.24, 2.45) is 5.41 Å². The third-order valence-corrected chi connectivity index (χ3v) is 7.34. The van der Waals surface area contributed by atoms with E-state index in [2.05, 4.69) is 5.32 Å². The van der Waals surface area contributed by atoms with Crippen LogP contribution in [0.15, 0.2) is 0 Å². The van der Waals surface area contributed by atoms with E-state index >= 15 is 0 Å². The molecule has 1 aliphatic carbocycles. The molecule has 2 fully saturated rings. The summed E-state index contributed by atoms with van der Waals surface area (Å²) in [6.45, 7) is 7.86. The van der Waals surface area contributed by atoms with E-state index in [1.54, 1.807) is 20.8 Å². The molecule has 0 atom stereocenters. The fraction of sp³-hybridized carbons (Fsp3) is 1.00. The number of ether oxygens (including phenoxy) is 1. The highest BCUT2D eigenvalue weighted by Crippen LogP contribution is 2.36. The Bertz CT molecular complexity index is 415. The lowest BCUT2D eigenvalue weighted by Gasteiger charge is -2.38. The predicted molar refractivity (Wildman–Crippen MR) is 81.7 cm³/mol. The highest BCUT2D eigenvalue weighted by molar-refractivity contribution is 7.92. The highest BCUT2D eigenvalue weighted by atomic mass is 32.2. The van der Waals surface area contributed by atoms with Crippen molar-refractivity contribution in [2.75, 3.05) is 25.5 Å². The van der Waals surface area contributed by atoms with Gasteiger partial charge in [-0.3, -0.25) is 0 Å². The minimum absolute atomic E-state index is 0.110. The molecular formula is C15H29NO3S. The van der Waals surface area contributed by atoms with Gasteiger partial charge in [0.05, 0.1) is 10.5 Å². The van der Waals surface area contributed by atoms with E-state index < -0.39 is 14.6 Å². The van der Waals surface area contributed by atoms with E-state index in [-0.39, 0.29) is 5.41 Å². The average Bonchev–Trinajstić information content (AvgIpc) is 3.18. The summed E-state index contributed by atoms with van der Waals surface area (Å²) in [5.41, 5.74) is 0.110. The van der Waals surface area contributed by atoms with Gasteiger partial charge in [-0.25, -0.2) is 8.42 Å². The number of rotatable bonds is 6. The fourth-order valence-electron chi connectivity index (χ4n) is 2.62. The maximum Gasteiger partial charge on any atom is 0.155 e. The van der Waals surface area contributed by atoms with Crippen molar-refractivity contribution in [2.45, 2.75) is 63.7 Å². The molecule has 0 bridgehead atoms. The molecule has 1 heterocycles. The zero-order chi connectivity index (χ0) is 14.9. The first-order chi connectivity index (χ1) is 9.24. The normalized spacial score (nSPS) is 23.8. The Labute approximate surface area is 123 Å². The van der Waals surface area contributed by atoms with Gasteiger partial charge in [-0.2, -0.15) is 0 Å². The quantitative estimate of drug-likeness (QED) is 0.817. The van der Waals surface area contributed by atoms with Crippen molar-refractivity contribution in [1.29, 1.82) is 0 Å². The van der Waals surface area contributed by atoms with Gasteiger partial charge in [-0.1, -0.05) is 0 Å². The second-order valence-corrected chi connectivity index (χ2v) is 10.3. The lowest BCUT2D eigenvalue weighted by atomic mass is 9.77. The van der Waals surface area contributed by atoms with Crippen molar-refractivity contribution in [3.05, 3.63) is 0 Å². The van der Waals surface area contributed by atoms with Gasteiger partial charge >= 0.3 is 0 Å². The topological polar surface area (TPSA) is 55.4 Å². The Morgan fingerprint density at radius 1 is 1.20 bits per heavy atom. The standard InChI is InChI=1S/C15H29NO3S/c1-14(2,3)20(17,18)11-8-15(6-9-19-10-7-15)12-16-13-4-5-13/h13,16H,4-12H2,1-3H3. The zero-order valence-corrected chi connectivity index (χ0v) is 13.9. The third-order valence-electron chi connectivity index (χ3n) is 4.73. The van der Waals surface area contributed by atoms with E-state index in [9.17, 15) is 8.42 Å². The molecule has 0 unspecified atom stereocenters. The molecular weight excluding hydrogens is 274 g/mol. The van der Waals surface area contributed by atoms with E-state index in [0.717, 1.165) is 39.0 Å². The number of sulfone groups is 1. The van der Waals surface area contributed by atoms with Crippen LogP contribution in [-0.2, 0) is 14.6 Å². The van der Waals surface area contributed by atoms with E-state index in [1.165, 1.54) is 12.8 Å². The molecule has 5 heteroatoms. The second kappa shape index (κ2) is 5.93.